The zero-order valence-electron chi connectivity index (χ0n) is 13.9. The number of aliphatic hydroxyl groups excluding tert-OH is 1. The van der Waals surface area contributed by atoms with Crippen LogP contribution in [0.2, 0.25) is 0 Å². The van der Waals surface area contributed by atoms with E-state index in [2.05, 4.69) is 30.3 Å². The molecule has 3 nitrogen and oxygen atoms in total. The normalized spacial score (nSPS) is 20.7. The standard InChI is InChI=1S/C20H25NO2/c1-14(22)12-19-8-5-11-21(19)20(23)15(2)17-10-9-16-6-3-4-7-18(16)13-17/h3-4,6-7,9-10,13-15,19,22H,5,8,11-12H2,1-2H3. The minimum absolute atomic E-state index is 0.144. The molecule has 3 rings (SSSR count). The second kappa shape index (κ2) is 6.71. The van der Waals surface area contributed by atoms with Crippen molar-refractivity contribution in [2.75, 3.05) is 6.54 Å². The van der Waals surface area contributed by atoms with Gasteiger partial charge in [-0.05, 0) is 49.4 Å². The highest BCUT2D eigenvalue weighted by Crippen LogP contribution is 2.28. The summed E-state index contributed by atoms with van der Waals surface area (Å²) in [6.45, 7) is 4.60. The molecule has 1 amide bonds. The molecule has 23 heavy (non-hydrogen) atoms. The number of likely N-dealkylation sites (tertiary alicyclic amines) is 1. The van der Waals surface area contributed by atoms with Crippen LogP contribution in [0.15, 0.2) is 42.5 Å². The van der Waals surface area contributed by atoms with Gasteiger partial charge in [-0.1, -0.05) is 42.5 Å². The number of aliphatic hydroxyl groups is 1. The molecular weight excluding hydrogens is 286 g/mol. The fourth-order valence-electron chi connectivity index (χ4n) is 3.63. The summed E-state index contributed by atoms with van der Waals surface area (Å²) in [4.78, 5) is 14.9. The lowest BCUT2D eigenvalue weighted by Crippen LogP contribution is -2.39. The fourth-order valence-corrected chi connectivity index (χ4v) is 3.63. The number of hydrogen-bond donors (Lipinski definition) is 1. The first-order valence-corrected chi connectivity index (χ1v) is 8.53. The molecule has 1 saturated heterocycles. The van der Waals surface area contributed by atoms with E-state index in [0.717, 1.165) is 24.9 Å². The summed E-state index contributed by atoms with van der Waals surface area (Å²) in [6.07, 6.45) is 2.36. The molecule has 0 spiro atoms. The van der Waals surface area contributed by atoms with E-state index in [1.165, 1.54) is 10.8 Å². The lowest BCUT2D eigenvalue weighted by atomic mass is 9.96. The van der Waals surface area contributed by atoms with Crippen molar-refractivity contribution in [2.45, 2.75) is 51.2 Å². The van der Waals surface area contributed by atoms with Crippen LogP contribution in [0.3, 0.4) is 0 Å². The van der Waals surface area contributed by atoms with Gasteiger partial charge >= 0.3 is 0 Å². The van der Waals surface area contributed by atoms with Crippen LogP contribution in [-0.4, -0.2) is 34.6 Å². The van der Waals surface area contributed by atoms with E-state index in [0.29, 0.717) is 6.42 Å². The Labute approximate surface area is 137 Å². The van der Waals surface area contributed by atoms with Gasteiger partial charge in [-0.15, -0.1) is 0 Å². The summed E-state index contributed by atoms with van der Waals surface area (Å²) in [5.41, 5.74) is 1.07. The summed E-state index contributed by atoms with van der Waals surface area (Å²) in [5.74, 6) is 0.0395. The second-order valence-electron chi connectivity index (χ2n) is 6.74. The van der Waals surface area contributed by atoms with Crippen LogP contribution in [0.4, 0.5) is 0 Å². The predicted octanol–water partition coefficient (Wildman–Crippen LogP) is 3.71. The minimum atomic E-state index is -0.357. The highest BCUT2D eigenvalue weighted by atomic mass is 16.3. The Morgan fingerprint density at radius 1 is 1.22 bits per heavy atom. The smallest absolute Gasteiger partial charge is 0.230 e. The van der Waals surface area contributed by atoms with E-state index in [-0.39, 0.29) is 24.0 Å². The zero-order chi connectivity index (χ0) is 16.4. The first kappa shape index (κ1) is 16.0. The van der Waals surface area contributed by atoms with E-state index in [4.69, 9.17) is 0 Å². The van der Waals surface area contributed by atoms with Crippen LogP contribution in [0, 0.1) is 0 Å². The number of carbonyl (C=O) groups excluding carboxylic acids is 1. The number of fused-ring (bicyclic) bond motifs is 1. The summed E-state index contributed by atoms with van der Waals surface area (Å²) in [7, 11) is 0. The maximum atomic E-state index is 12.9. The van der Waals surface area contributed by atoms with Crippen LogP contribution < -0.4 is 0 Å². The van der Waals surface area contributed by atoms with Crippen molar-refractivity contribution in [3.05, 3.63) is 48.0 Å². The molecule has 1 aliphatic rings. The molecular formula is C20H25NO2. The van der Waals surface area contributed by atoms with Crippen molar-refractivity contribution in [1.82, 2.24) is 4.90 Å². The maximum Gasteiger partial charge on any atom is 0.230 e. The second-order valence-corrected chi connectivity index (χ2v) is 6.74. The van der Waals surface area contributed by atoms with Gasteiger partial charge in [-0.3, -0.25) is 4.79 Å². The lowest BCUT2D eigenvalue weighted by Gasteiger charge is -2.28. The number of carbonyl (C=O) groups is 1. The average molecular weight is 311 g/mol. The monoisotopic (exact) mass is 311 g/mol. The summed E-state index contributed by atoms with van der Waals surface area (Å²) >= 11 is 0. The number of benzene rings is 2. The van der Waals surface area contributed by atoms with Gasteiger partial charge in [-0.2, -0.15) is 0 Å². The Morgan fingerprint density at radius 2 is 1.96 bits per heavy atom. The van der Waals surface area contributed by atoms with Crippen LogP contribution in [0.1, 0.15) is 44.6 Å². The molecule has 1 aliphatic heterocycles. The number of nitrogens with zero attached hydrogens (tertiary/aromatic N) is 1. The number of amides is 1. The molecule has 1 N–H and O–H groups in total. The van der Waals surface area contributed by atoms with Gasteiger partial charge in [0.05, 0.1) is 12.0 Å². The topological polar surface area (TPSA) is 40.5 Å². The third-order valence-corrected chi connectivity index (χ3v) is 4.92. The van der Waals surface area contributed by atoms with Crippen molar-refractivity contribution in [1.29, 1.82) is 0 Å². The Kier molecular flexibility index (Phi) is 4.67. The Balaban J connectivity index is 1.80. The molecule has 3 heteroatoms. The molecule has 0 aromatic heterocycles. The molecule has 3 atom stereocenters. The molecule has 2 aromatic rings. The van der Waals surface area contributed by atoms with E-state index >= 15 is 0 Å². The fraction of sp³-hybridized carbons (Fsp3) is 0.450. The van der Waals surface area contributed by atoms with Gasteiger partial charge in [-0.25, -0.2) is 0 Å². The molecule has 0 radical (unpaired) electrons. The first-order chi connectivity index (χ1) is 11.1. The number of rotatable bonds is 4. The Bertz CT molecular complexity index is 695. The number of hydrogen-bond acceptors (Lipinski definition) is 2. The van der Waals surface area contributed by atoms with Gasteiger partial charge < -0.3 is 10.0 Å². The largest absolute Gasteiger partial charge is 0.393 e. The zero-order valence-corrected chi connectivity index (χ0v) is 13.9. The van der Waals surface area contributed by atoms with E-state index in [1.54, 1.807) is 6.92 Å². The van der Waals surface area contributed by atoms with Gasteiger partial charge in [0.15, 0.2) is 0 Å². The molecule has 0 aliphatic carbocycles. The summed E-state index contributed by atoms with van der Waals surface area (Å²) < 4.78 is 0. The van der Waals surface area contributed by atoms with E-state index in [9.17, 15) is 9.90 Å². The van der Waals surface area contributed by atoms with Crippen molar-refractivity contribution in [3.63, 3.8) is 0 Å². The van der Waals surface area contributed by atoms with Gasteiger partial charge in [0.25, 0.3) is 0 Å². The minimum Gasteiger partial charge on any atom is -0.393 e. The maximum absolute atomic E-state index is 12.9. The predicted molar refractivity (Wildman–Crippen MR) is 93.4 cm³/mol. The third-order valence-electron chi connectivity index (χ3n) is 4.92. The van der Waals surface area contributed by atoms with Crippen molar-refractivity contribution >= 4 is 16.7 Å². The molecule has 2 aromatic carbocycles. The molecule has 1 fully saturated rings. The molecule has 122 valence electrons. The van der Waals surface area contributed by atoms with Crippen LogP contribution in [0.5, 0.6) is 0 Å². The molecule has 0 bridgehead atoms. The van der Waals surface area contributed by atoms with Crippen molar-refractivity contribution in [3.8, 4) is 0 Å². The SMILES string of the molecule is CC(O)CC1CCCN1C(=O)C(C)c1ccc2ccccc2c1. The van der Waals surface area contributed by atoms with Gasteiger partial charge in [0, 0.05) is 12.6 Å². The first-order valence-electron chi connectivity index (χ1n) is 8.53. The van der Waals surface area contributed by atoms with Crippen LogP contribution >= 0.6 is 0 Å². The summed E-state index contributed by atoms with van der Waals surface area (Å²) in [5, 5.41) is 12.0. The molecule has 3 unspecified atom stereocenters. The molecule has 0 saturated carbocycles. The Morgan fingerprint density at radius 3 is 2.70 bits per heavy atom. The highest BCUT2D eigenvalue weighted by Gasteiger charge is 2.32. The van der Waals surface area contributed by atoms with Crippen LogP contribution in [-0.2, 0) is 4.79 Å². The lowest BCUT2D eigenvalue weighted by molar-refractivity contribution is -0.133. The van der Waals surface area contributed by atoms with Crippen molar-refractivity contribution < 1.29 is 9.90 Å². The average Bonchev–Trinajstić information content (AvgIpc) is 3.00. The van der Waals surface area contributed by atoms with E-state index in [1.807, 2.05) is 24.0 Å². The van der Waals surface area contributed by atoms with E-state index < -0.39 is 0 Å². The van der Waals surface area contributed by atoms with Gasteiger partial charge in [0.2, 0.25) is 5.91 Å². The molecule has 1 heterocycles. The quantitative estimate of drug-likeness (QED) is 0.935. The van der Waals surface area contributed by atoms with Crippen molar-refractivity contribution in [2.24, 2.45) is 0 Å². The Hall–Kier alpha value is -1.87. The highest BCUT2D eigenvalue weighted by molar-refractivity contribution is 5.88. The summed E-state index contributed by atoms with van der Waals surface area (Å²) in [6, 6.07) is 14.7. The van der Waals surface area contributed by atoms with Crippen LogP contribution in [0.25, 0.3) is 10.8 Å². The van der Waals surface area contributed by atoms with Gasteiger partial charge in [0.1, 0.15) is 0 Å². The third kappa shape index (κ3) is 3.40.